The van der Waals surface area contributed by atoms with Gasteiger partial charge < -0.3 is 14.2 Å². The normalized spacial score (nSPS) is 12.9. The fraction of sp³-hybridized carbons (Fsp3) is 0.687. The number of carbonyl (C=O) groups excluding carboxylic acids is 3. The molecule has 0 saturated heterocycles. The average Bonchev–Trinajstić information content (AvgIpc) is 3.39. The van der Waals surface area contributed by atoms with Crippen LogP contribution in [0.2, 0.25) is 0 Å². The lowest BCUT2D eigenvalue weighted by Gasteiger charge is -2.18. The summed E-state index contributed by atoms with van der Waals surface area (Å²) >= 11 is 0. The van der Waals surface area contributed by atoms with Crippen molar-refractivity contribution < 1.29 is 28.6 Å². The van der Waals surface area contributed by atoms with Crippen molar-refractivity contribution in [1.82, 2.24) is 0 Å². The lowest BCUT2D eigenvalue weighted by atomic mass is 10.1. The zero-order chi connectivity index (χ0) is 52.9. The molecule has 0 rings (SSSR count). The molecule has 0 spiro atoms. The monoisotopic (exact) mass is 1010 g/mol. The molecule has 0 aliphatic heterocycles. The first-order valence-corrected chi connectivity index (χ1v) is 30.4. The second kappa shape index (κ2) is 60.6. The van der Waals surface area contributed by atoms with E-state index in [1.807, 2.05) is 0 Å². The first-order chi connectivity index (χ1) is 36.0. The molecule has 0 aliphatic rings. The third-order valence-corrected chi connectivity index (χ3v) is 12.7. The standard InChI is InChI=1S/C67H112O6/c1-4-7-10-13-16-19-22-25-28-31-32-33-34-37-39-42-45-48-51-54-57-60-66(69)72-63-64(73-67(70)61-58-55-52-49-46-43-40-36-30-27-24-21-18-15-12-9-6-3)62-71-65(68)59-56-53-50-47-44-41-38-35-29-26-23-20-17-14-11-8-5-2/h9,12,17-18,20-22,25-27,29-32,40,43,49,52,64H,4-8,10-11,13-16,19,23-24,28,33-39,41-42,44-48,50-51,53-63H2,1-3H3/b12-9-,20-17-,21-18-,25-22-,29-26-,30-27-,32-31-,43-40-,52-49-. The van der Waals surface area contributed by atoms with E-state index in [1.54, 1.807) is 0 Å². The molecule has 0 aromatic carbocycles. The minimum atomic E-state index is -0.816. The lowest BCUT2D eigenvalue weighted by molar-refractivity contribution is -0.167. The number of rotatable bonds is 54. The van der Waals surface area contributed by atoms with Crippen molar-refractivity contribution >= 4 is 17.9 Å². The maximum atomic E-state index is 12.9. The predicted octanol–water partition coefficient (Wildman–Crippen LogP) is 20.7. The van der Waals surface area contributed by atoms with Gasteiger partial charge in [-0.3, -0.25) is 14.4 Å². The second-order valence-corrected chi connectivity index (χ2v) is 19.9. The Morgan fingerprint density at radius 3 is 0.904 bits per heavy atom. The zero-order valence-electron chi connectivity index (χ0n) is 47.6. The van der Waals surface area contributed by atoms with E-state index < -0.39 is 6.10 Å². The first-order valence-electron chi connectivity index (χ1n) is 30.4. The number of unbranched alkanes of at least 4 members (excludes halogenated alkanes) is 25. The van der Waals surface area contributed by atoms with Crippen molar-refractivity contribution in [3.05, 3.63) is 109 Å². The van der Waals surface area contributed by atoms with Gasteiger partial charge in [0.25, 0.3) is 0 Å². The van der Waals surface area contributed by atoms with Crippen LogP contribution in [-0.2, 0) is 28.6 Å². The van der Waals surface area contributed by atoms with E-state index in [4.69, 9.17) is 14.2 Å². The van der Waals surface area contributed by atoms with Gasteiger partial charge in [0.05, 0.1) is 0 Å². The molecule has 0 radical (unpaired) electrons. The molecule has 6 heteroatoms. The van der Waals surface area contributed by atoms with Gasteiger partial charge in [0, 0.05) is 19.3 Å². The Labute approximate surface area is 450 Å². The highest BCUT2D eigenvalue weighted by atomic mass is 16.6. The predicted molar refractivity (Wildman–Crippen MR) is 316 cm³/mol. The van der Waals surface area contributed by atoms with Crippen molar-refractivity contribution in [2.24, 2.45) is 0 Å². The molecule has 0 saturated carbocycles. The number of carbonyl (C=O) groups is 3. The van der Waals surface area contributed by atoms with E-state index in [9.17, 15) is 14.4 Å². The number of ether oxygens (including phenoxy) is 3. The highest BCUT2D eigenvalue weighted by Crippen LogP contribution is 2.15. The van der Waals surface area contributed by atoms with Gasteiger partial charge >= 0.3 is 17.9 Å². The van der Waals surface area contributed by atoms with Crippen LogP contribution >= 0.6 is 0 Å². The van der Waals surface area contributed by atoms with Gasteiger partial charge in [0.2, 0.25) is 0 Å². The second-order valence-electron chi connectivity index (χ2n) is 19.9. The smallest absolute Gasteiger partial charge is 0.306 e. The van der Waals surface area contributed by atoms with Crippen LogP contribution in [0.3, 0.4) is 0 Å². The largest absolute Gasteiger partial charge is 0.462 e. The van der Waals surface area contributed by atoms with Crippen molar-refractivity contribution in [2.45, 2.75) is 284 Å². The topological polar surface area (TPSA) is 78.9 Å². The van der Waals surface area contributed by atoms with Crippen LogP contribution < -0.4 is 0 Å². The molecule has 0 aromatic heterocycles. The maximum Gasteiger partial charge on any atom is 0.306 e. The molecule has 0 N–H and O–H groups in total. The van der Waals surface area contributed by atoms with Gasteiger partial charge in [0.1, 0.15) is 13.2 Å². The van der Waals surface area contributed by atoms with E-state index in [0.29, 0.717) is 19.3 Å². The summed E-state index contributed by atoms with van der Waals surface area (Å²) in [5.41, 5.74) is 0. The van der Waals surface area contributed by atoms with Crippen molar-refractivity contribution in [1.29, 1.82) is 0 Å². The summed E-state index contributed by atoms with van der Waals surface area (Å²) in [6, 6.07) is 0. The third-order valence-electron chi connectivity index (χ3n) is 12.7. The Bertz CT molecular complexity index is 1490. The summed E-state index contributed by atoms with van der Waals surface area (Å²) in [4.78, 5) is 38.2. The van der Waals surface area contributed by atoms with Crippen LogP contribution in [-0.4, -0.2) is 37.2 Å². The van der Waals surface area contributed by atoms with Gasteiger partial charge in [-0.05, 0) is 122 Å². The van der Waals surface area contributed by atoms with E-state index in [1.165, 1.54) is 135 Å². The number of esters is 3. The molecule has 6 nitrogen and oxygen atoms in total. The van der Waals surface area contributed by atoms with Gasteiger partial charge in [-0.15, -0.1) is 0 Å². The molecular weight excluding hydrogens is 901 g/mol. The molecule has 0 aliphatic carbocycles. The highest BCUT2D eigenvalue weighted by molar-refractivity contribution is 5.71. The Balaban J connectivity index is 4.47. The molecule has 1 unspecified atom stereocenters. The molecule has 0 heterocycles. The van der Waals surface area contributed by atoms with Crippen molar-refractivity contribution in [3.8, 4) is 0 Å². The minimum Gasteiger partial charge on any atom is -0.462 e. The van der Waals surface area contributed by atoms with E-state index in [0.717, 1.165) is 96.3 Å². The number of hydrogen-bond acceptors (Lipinski definition) is 6. The fourth-order valence-electron chi connectivity index (χ4n) is 8.19. The Hall–Kier alpha value is -3.93. The SMILES string of the molecule is CC/C=C\C/C=C\C/C=C\C/C=C\C/C=C\CCCC(=O)OC(COC(=O)CCCCCCCCC/C=C\C/C=C\CCCCC)COC(=O)CCCCCCCCCCC/C=C\C/C=C\CCCCCCC. The maximum absolute atomic E-state index is 12.9. The van der Waals surface area contributed by atoms with Crippen LogP contribution in [0.1, 0.15) is 278 Å². The summed E-state index contributed by atoms with van der Waals surface area (Å²) in [6.07, 6.45) is 82.3. The number of hydrogen-bond donors (Lipinski definition) is 0. The van der Waals surface area contributed by atoms with Gasteiger partial charge in [-0.25, -0.2) is 0 Å². The Kier molecular flexibility index (Phi) is 57.4. The van der Waals surface area contributed by atoms with E-state index >= 15 is 0 Å². The molecule has 0 aromatic rings. The lowest BCUT2D eigenvalue weighted by Crippen LogP contribution is -2.30. The molecule has 0 amide bonds. The summed E-state index contributed by atoms with van der Waals surface area (Å²) in [6.45, 7) is 6.45. The van der Waals surface area contributed by atoms with E-state index in [-0.39, 0.29) is 37.5 Å². The molecular formula is C67H112O6. The minimum absolute atomic E-state index is 0.106. The van der Waals surface area contributed by atoms with Gasteiger partial charge in [-0.2, -0.15) is 0 Å². The summed E-state index contributed by atoms with van der Waals surface area (Å²) in [5, 5.41) is 0. The van der Waals surface area contributed by atoms with E-state index in [2.05, 4.69) is 130 Å². The van der Waals surface area contributed by atoms with Crippen molar-refractivity contribution in [2.75, 3.05) is 13.2 Å². The van der Waals surface area contributed by atoms with Gasteiger partial charge in [-0.1, -0.05) is 246 Å². The molecule has 1 atom stereocenters. The van der Waals surface area contributed by atoms with Crippen molar-refractivity contribution in [3.63, 3.8) is 0 Å². The molecule has 416 valence electrons. The molecule has 73 heavy (non-hydrogen) atoms. The summed E-state index contributed by atoms with van der Waals surface area (Å²) < 4.78 is 16.8. The highest BCUT2D eigenvalue weighted by Gasteiger charge is 2.19. The Morgan fingerprint density at radius 1 is 0.288 bits per heavy atom. The first kappa shape index (κ1) is 69.1. The molecule has 0 bridgehead atoms. The quantitative estimate of drug-likeness (QED) is 0.0261. The van der Waals surface area contributed by atoms with Gasteiger partial charge in [0.15, 0.2) is 6.10 Å². The molecule has 0 fully saturated rings. The third kappa shape index (κ3) is 58.8. The van der Waals surface area contributed by atoms with Crippen LogP contribution in [0, 0.1) is 0 Å². The average molecular weight is 1010 g/mol. The van der Waals surface area contributed by atoms with Crippen LogP contribution in [0.4, 0.5) is 0 Å². The fourth-order valence-corrected chi connectivity index (χ4v) is 8.19. The van der Waals surface area contributed by atoms with Crippen LogP contribution in [0.5, 0.6) is 0 Å². The van der Waals surface area contributed by atoms with Crippen LogP contribution in [0.15, 0.2) is 109 Å². The zero-order valence-corrected chi connectivity index (χ0v) is 47.6. The van der Waals surface area contributed by atoms with Crippen LogP contribution in [0.25, 0.3) is 0 Å². The Morgan fingerprint density at radius 2 is 0.548 bits per heavy atom. The summed E-state index contributed by atoms with van der Waals surface area (Å²) in [5.74, 6) is -0.973. The number of allylic oxidation sites excluding steroid dienone is 18. The summed E-state index contributed by atoms with van der Waals surface area (Å²) in [7, 11) is 0.